The summed E-state index contributed by atoms with van der Waals surface area (Å²) in [6, 6.07) is 27.1. The number of pyridine rings is 1. The van der Waals surface area contributed by atoms with E-state index in [1.165, 1.54) is 0 Å². The summed E-state index contributed by atoms with van der Waals surface area (Å²) in [4.78, 5) is 16.4. The van der Waals surface area contributed by atoms with Crippen LogP contribution >= 0.6 is 0 Å². The third kappa shape index (κ3) is 5.49. The molecule has 0 aliphatic carbocycles. The summed E-state index contributed by atoms with van der Waals surface area (Å²) in [5.41, 5.74) is 6.27. The van der Waals surface area contributed by atoms with Gasteiger partial charge in [-0.1, -0.05) is 72.8 Å². The van der Waals surface area contributed by atoms with E-state index in [1.807, 2.05) is 60.7 Å². The monoisotopic (exact) mass is 420 g/mol. The van der Waals surface area contributed by atoms with E-state index in [0.717, 1.165) is 33.4 Å². The van der Waals surface area contributed by atoms with Crippen molar-refractivity contribution >= 4 is 18.1 Å². The van der Waals surface area contributed by atoms with Crippen molar-refractivity contribution in [2.24, 2.45) is 0 Å². The van der Waals surface area contributed by atoms with E-state index >= 15 is 0 Å². The zero-order valence-corrected chi connectivity index (χ0v) is 17.6. The maximum atomic E-state index is 12.4. The number of aromatic hydroxyl groups is 1. The van der Waals surface area contributed by atoms with E-state index < -0.39 is 0 Å². The topological polar surface area (TPSA) is 62.2 Å². The van der Waals surface area contributed by atoms with Crippen molar-refractivity contribution < 1.29 is 9.90 Å². The first-order valence-corrected chi connectivity index (χ1v) is 10.5. The van der Waals surface area contributed by atoms with E-state index in [4.69, 9.17) is 0 Å². The smallest absolute Gasteiger partial charge is 0.224 e. The summed E-state index contributed by atoms with van der Waals surface area (Å²) in [6.45, 7) is 0.454. The van der Waals surface area contributed by atoms with Gasteiger partial charge in [0, 0.05) is 18.9 Å². The highest BCUT2D eigenvalue weighted by atomic mass is 16.3. The predicted molar refractivity (Wildman–Crippen MR) is 129 cm³/mol. The first-order valence-electron chi connectivity index (χ1n) is 10.5. The van der Waals surface area contributed by atoms with Crippen molar-refractivity contribution in [3.63, 3.8) is 0 Å². The first kappa shape index (κ1) is 21.1. The number of hydrogen-bond acceptors (Lipinski definition) is 3. The lowest BCUT2D eigenvalue weighted by Gasteiger charge is -2.13. The van der Waals surface area contributed by atoms with Crippen LogP contribution < -0.4 is 5.32 Å². The van der Waals surface area contributed by atoms with Gasteiger partial charge in [-0.3, -0.25) is 9.78 Å². The molecule has 0 aliphatic rings. The van der Waals surface area contributed by atoms with E-state index in [1.54, 1.807) is 24.5 Å². The van der Waals surface area contributed by atoms with Crippen molar-refractivity contribution in [2.75, 3.05) is 0 Å². The minimum atomic E-state index is -0.0217. The molecule has 1 heterocycles. The van der Waals surface area contributed by atoms with Gasteiger partial charge in [-0.2, -0.15) is 0 Å². The minimum absolute atomic E-state index is 0.0217. The Morgan fingerprint density at radius 1 is 0.812 bits per heavy atom. The van der Waals surface area contributed by atoms with Crippen LogP contribution in [0, 0.1) is 0 Å². The molecule has 0 fully saturated rings. The molecule has 158 valence electrons. The fraction of sp³-hybridized carbons (Fsp3) is 0.0714. The van der Waals surface area contributed by atoms with Gasteiger partial charge in [0.05, 0.1) is 6.42 Å². The number of phenols is 1. The van der Waals surface area contributed by atoms with Crippen molar-refractivity contribution in [2.45, 2.75) is 13.0 Å². The molecular formula is C28H24N2O2. The van der Waals surface area contributed by atoms with Crippen LogP contribution in [0.5, 0.6) is 5.75 Å². The minimum Gasteiger partial charge on any atom is -0.508 e. The number of nitrogens with one attached hydrogen (secondary N) is 1. The Hall–Kier alpha value is -4.18. The zero-order valence-electron chi connectivity index (χ0n) is 17.6. The fourth-order valence-corrected chi connectivity index (χ4v) is 3.54. The summed E-state index contributed by atoms with van der Waals surface area (Å²) >= 11 is 0. The van der Waals surface area contributed by atoms with Gasteiger partial charge in [0.2, 0.25) is 5.91 Å². The number of aromatic nitrogens is 1. The Bertz CT molecular complexity index is 1220. The summed E-state index contributed by atoms with van der Waals surface area (Å²) in [6.07, 6.45) is 7.82. The van der Waals surface area contributed by atoms with Crippen LogP contribution in [-0.4, -0.2) is 16.0 Å². The molecule has 0 bridgehead atoms. The third-order valence-electron chi connectivity index (χ3n) is 5.21. The Morgan fingerprint density at radius 3 is 2.28 bits per heavy atom. The zero-order chi connectivity index (χ0) is 22.2. The molecule has 0 saturated heterocycles. The van der Waals surface area contributed by atoms with Gasteiger partial charge in [-0.05, 0) is 57.6 Å². The van der Waals surface area contributed by atoms with Crippen LogP contribution in [-0.2, 0) is 17.8 Å². The summed E-state index contributed by atoms with van der Waals surface area (Å²) in [7, 11) is 0. The number of carbonyl (C=O) groups is 1. The van der Waals surface area contributed by atoms with Crippen LogP contribution in [0.15, 0.2) is 97.3 Å². The lowest BCUT2D eigenvalue weighted by atomic mass is 9.94. The summed E-state index contributed by atoms with van der Waals surface area (Å²) < 4.78 is 0. The molecule has 1 amide bonds. The van der Waals surface area contributed by atoms with Crippen LogP contribution in [0.25, 0.3) is 23.3 Å². The van der Waals surface area contributed by atoms with Gasteiger partial charge in [0.1, 0.15) is 5.75 Å². The molecule has 0 spiro atoms. The van der Waals surface area contributed by atoms with Crippen molar-refractivity contribution in [1.29, 1.82) is 0 Å². The third-order valence-corrected chi connectivity index (χ3v) is 5.21. The normalized spacial score (nSPS) is 10.9. The van der Waals surface area contributed by atoms with Crippen LogP contribution in [0.1, 0.15) is 22.3 Å². The maximum Gasteiger partial charge on any atom is 0.224 e. The molecule has 0 radical (unpaired) electrons. The average molecular weight is 421 g/mol. The van der Waals surface area contributed by atoms with Crippen molar-refractivity contribution in [1.82, 2.24) is 10.3 Å². The first-order chi connectivity index (χ1) is 15.7. The second-order valence-corrected chi connectivity index (χ2v) is 7.48. The molecule has 3 aromatic carbocycles. The van der Waals surface area contributed by atoms with Crippen molar-refractivity contribution in [3.8, 4) is 16.9 Å². The Labute approximate surface area is 187 Å². The van der Waals surface area contributed by atoms with Gasteiger partial charge >= 0.3 is 0 Å². The molecule has 0 atom stereocenters. The molecule has 4 heteroatoms. The number of nitrogens with zero attached hydrogens (tertiary/aromatic N) is 1. The van der Waals surface area contributed by atoms with Crippen LogP contribution in [0.2, 0.25) is 0 Å². The number of carbonyl (C=O) groups excluding carboxylic acids is 1. The second-order valence-electron chi connectivity index (χ2n) is 7.48. The lowest BCUT2D eigenvalue weighted by Crippen LogP contribution is -2.24. The lowest BCUT2D eigenvalue weighted by molar-refractivity contribution is -0.120. The average Bonchev–Trinajstić information content (AvgIpc) is 2.83. The Balaban J connectivity index is 1.53. The van der Waals surface area contributed by atoms with Gasteiger partial charge in [-0.25, -0.2) is 0 Å². The quantitative estimate of drug-likeness (QED) is 0.389. The second kappa shape index (κ2) is 10.2. The van der Waals surface area contributed by atoms with E-state index in [9.17, 15) is 9.90 Å². The molecule has 32 heavy (non-hydrogen) atoms. The molecule has 0 aliphatic heterocycles. The molecule has 0 saturated carbocycles. The van der Waals surface area contributed by atoms with Crippen molar-refractivity contribution in [3.05, 3.63) is 120 Å². The number of phenolic OH excluding ortho intramolecular Hbond substituents is 1. The number of amides is 1. The van der Waals surface area contributed by atoms with Gasteiger partial charge in [0.25, 0.3) is 0 Å². The highest BCUT2D eigenvalue weighted by molar-refractivity contribution is 5.83. The molecule has 2 N–H and O–H groups in total. The molecule has 0 unspecified atom stereocenters. The van der Waals surface area contributed by atoms with Gasteiger partial charge in [0.15, 0.2) is 0 Å². The SMILES string of the molecule is O=C(Cc1ccncc1)NCc1ccccc1-c1ccccc1/C=C/c1ccc(O)cc1. The molecular weight excluding hydrogens is 396 g/mol. The fourth-order valence-electron chi connectivity index (χ4n) is 3.54. The molecule has 4 nitrogen and oxygen atoms in total. The largest absolute Gasteiger partial charge is 0.508 e. The van der Waals surface area contributed by atoms with Crippen LogP contribution in [0.3, 0.4) is 0 Å². The number of hydrogen-bond donors (Lipinski definition) is 2. The van der Waals surface area contributed by atoms with Gasteiger partial charge < -0.3 is 10.4 Å². The highest BCUT2D eigenvalue weighted by Gasteiger charge is 2.09. The van der Waals surface area contributed by atoms with E-state index in [-0.39, 0.29) is 11.7 Å². The number of benzene rings is 3. The molecule has 4 aromatic rings. The van der Waals surface area contributed by atoms with Crippen LogP contribution in [0.4, 0.5) is 0 Å². The summed E-state index contributed by atoms with van der Waals surface area (Å²) in [5.74, 6) is 0.231. The van der Waals surface area contributed by atoms with Gasteiger partial charge in [-0.15, -0.1) is 0 Å². The number of rotatable bonds is 7. The predicted octanol–water partition coefficient (Wildman–Crippen LogP) is 5.48. The molecule has 4 rings (SSSR count). The maximum absolute atomic E-state index is 12.4. The standard InChI is InChI=1S/C28H24N2O2/c31-25-13-10-21(11-14-25)9-12-23-5-1-3-7-26(23)27-8-4-2-6-24(27)20-30-28(32)19-22-15-17-29-18-16-22/h1-18,31H,19-20H2,(H,30,32)/b12-9+. The Morgan fingerprint density at radius 2 is 1.50 bits per heavy atom. The summed E-state index contributed by atoms with van der Waals surface area (Å²) in [5, 5.41) is 12.5. The van der Waals surface area contributed by atoms with E-state index in [2.05, 4.69) is 34.6 Å². The molecule has 1 aromatic heterocycles. The Kier molecular flexibility index (Phi) is 6.73. The van der Waals surface area contributed by atoms with E-state index in [0.29, 0.717) is 13.0 Å². The highest BCUT2D eigenvalue weighted by Crippen LogP contribution is 2.28.